The summed E-state index contributed by atoms with van der Waals surface area (Å²) in [5.74, 6) is 0.802. The number of unbranched alkanes of at least 4 members (excludes halogenated alkanes) is 3. The molecule has 0 heterocycles. The van der Waals surface area contributed by atoms with Gasteiger partial charge in [-0.3, -0.25) is 4.79 Å². The second-order valence-electron chi connectivity index (χ2n) is 5.49. The van der Waals surface area contributed by atoms with Crippen molar-refractivity contribution in [2.45, 2.75) is 32.6 Å². The lowest BCUT2D eigenvalue weighted by molar-refractivity contribution is -0.116. The molecule has 1 amide bonds. The van der Waals surface area contributed by atoms with Gasteiger partial charge in [0, 0.05) is 6.54 Å². The maximum absolute atomic E-state index is 11.9. The number of amides is 1. The molecule has 134 valence electrons. The standard InChI is InChI=1S/C20H26N2O3/c1-4-6-7-8-12-25-18-10-9-16(14-19(18)24-3)13-17(15-21)20(23)22-11-5-2/h5,9-10,13-14H,2,4,6-8,11-12H2,1,3H3,(H,22,23)/b17-13-. The van der Waals surface area contributed by atoms with Crippen molar-refractivity contribution in [2.24, 2.45) is 0 Å². The molecule has 1 N–H and O–H groups in total. The number of methoxy groups -OCH3 is 1. The molecule has 0 aliphatic carbocycles. The number of hydrogen-bond acceptors (Lipinski definition) is 4. The topological polar surface area (TPSA) is 71.4 Å². The Labute approximate surface area is 149 Å². The van der Waals surface area contributed by atoms with E-state index < -0.39 is 5.91 Å². The van der Waals surface area contributed by atoms with Crippen molar-refractivity contribution in [2.75, 3.05) is 20.3 Å². The minimum atomic E-state index is -0.433. The summed E-state index contributed by atoms with van der Waals surface area (Å²) in [6.07, 6.45) is 7.61. The van der Waals surface area contributed by atoms with Crippen molar-refractivity contribution in [1.82, 2.24) is 5.32 Å². The van der Waals surface area contributed by atoms with Crippen molar-refractivity contribution >= 4 is 12.0 Å². The summed E-state index contributed by atoms with van der Waals surface area (Å²) in [4.78, 5) is 11.9. The van der Waals surface area contributed by atoms with E-state index in [0.717, 1.165) is 12.8 Å². The van der Waals surface area contributed by atoms with Crippen LogP contribution in [0.25, 0.3) is 6.08 Å². The van der Waals surface area contributed by atoms with Crippen LogP contribution in [0.15, 0.2) is 36.4 Å². The highest BCUT2D eigenvalue weighted by molar-refractivity contribution is 6.01. The first-order chi connectivity index (χ1) is 12.2. The fourth-order valence-electron chi connectivity index (χ4n) is 2.18. The van der Waals surface area contributed by atoms with E-state index in [-0.39, 0.29) is 5.57 Å². The lowest BCUT2D eigenvalue weighted by Crippen LogP contribution is -2.24. The molecule has 0 saturated heterocycles. The van der Waals surface area contributed by atoms with Crippen LogP contribution < -0.4 is 14.8 Å². The zero-order valence-electron chi connectivity index (χ0n) is 15.0. The SMILES string of the molecule is C=CCNC(=O)/C(C#N)=C\c1ccc(OCCCCCC)c(OC)c1. The fraction of sp³-hybridized carbons (Fsp3) is 0.400. The van der Waals surface area contributed by atoms with Gasteiger partial charge in [0.15, 0.2) is 11.5 Å². The summed E-state index contributed by atoms with van der Waals surface area (Å²) >= 11 is 0. The maximum atomic E-state index is 11.9. The van der Waals surface area contributed by atoms with Crippen molar-refractivity contribution in [3.05, 3.63) is 42.0 Å². The van der Waals surface area contributed by atoms with Crippen LogP contribution in [0.2, 0.25) is 0 Å². The number of benzene rings is 1. The molecule has 0 spiro atoms. The zero-order valence-corrected chi connectivity index (χ0v) is 15.0. The Hall–Kier alpha value is -2.74. The fourth-order valence-corrected chi connectivity index (χ4v) is 2.18. The Balaban J connectivity index is 2.81. The molecule has 0 aromatic heterocycles. The molecule has 0 fully saturated rings. The van der Waals surface area contributed by atoms with Crippen LogP contribution in [0.5, 0.6) is 11.5 Å². The summed E-state index contributed by atoms with van der Waals surface area (Å²) in [5, 5.41) is 11.7. The van der Waals surface area contributed by atoms with Gasteiger partial charge in [0.25, 0.3) is 5.91 Å². The third kappa shape index (κ3) is 7.13. The third-order valence-corrected chi connectivity index (χ3v) is 3.53. The molecule has 1 aromatic rings. The number of hydrogen-bond donors (Lipinski definition) is 1. The van der Waals surface area contributed by atoms with Crippen LogP contribution in [0.1, 0.15) is 38.2 Å². The highest BCUT2D eigenvalue weighted by Crippen LogP contribution is 2.29. The first kappa shape index (κ1) is 20.3. The van der Waals surface area contributed by atoms with Crippen molar-refractivity contribution in [1.29, 1.82) is 5.26 Å². The molecule has 1 rings (SSSR count). The van der Waals surface area contributed by atoms with Gasteiger partial charge in [-0.25, -0.2) is 0 Å². The molecule has 0 aliphatic heterocycles. The summed E-state index contributed by atoms with van der Waals surface area (Å²) in [6, 6.07) is 7.24. The van der Waals surface area contributed by atoms with Gasteiger partial charge >= 0.3 is 0 Å². The molecule has 0 unspecified atom stereocenters. The maximum Gasteiger partial charge on any atom is 0.262 e. The summed E-state index contributed by atoms with van der Waals surface area (Å²) in [7, 11) is 1.56. The van der Waals surface area contributed by atoms with Crippen molar-refractivity contribution in [3.8, 4) is 17.6 Å². The molecule has 25 heavy (non-hydrogen) atoms. The average molecular weight is 342 g/mol. The van der Waals surface area contributed by atoms with E-state index in [0.29, 0.717) is 30.2 Å². The largest absolute Gasteiger partial charge is 0.493 e. The van der Waals surface area contributed by atoms with Crippen molar-refractivity contribution < 1.29 is 14.3 Å². The predicted octanol–water partition coefficient (Wildman–Crippen LogP) is 3.86. The van der Waals surface area contributed by atoms with E-state index in [1.807, 2.05) is 6.07 Å². The van der Waals surface area contributed by atoms with Crippen LogP contribution in [-0.4, -0.2) is 26.2 Å². The normalized spacial score (nSPS) is 10.7. The van der Waals surface area contributed by atoms with Crippen LogP contribution in [-0.2, 0) is 4.79 Å². The molecule has 0 bridgehead atoms. The van der Waals surface area contributed by atoms with Crippen LogP contribution in [0, 0.1) is 11.3 Å². The van der Waals surface area contributed by atoms with Gasteiger partial charge in [0.2, 0.25) is 0 Å². The lowest BCUT2D eigenvalue weighted by atomic mass is 10.1. The van der Waals surface area contributed by atoms with Gasteiger partial charge in [0.1, 0.15) is 11.6 Å². The van der Waals surface area contributed by atoms with Gasteiger partial charge in [-0.15, -0.1) is 6.58 Å². The Morgan fingerprint density at radius 3 is 2.76 bits per heavy atom. The number of nitriles is 1. The molecule has 0 aliphatic rings. The van der Waals surface area contributed by atoms with Crippen molar-refractivity contribution in [3.63, 3.8) is 0 Å². The summed E-state index contributed by atoms with van der Waals surface area (Å²) in [5.41, 5.74) is 0.720. The lowest BCUT2D eigenvalue weighted by Gasteiger charge is -2.11. The third-order valence-electron chi connectivity index (χ3n) is 3.53. The number of carbonyl (C=O) groups is 1. The average Bonchev–Trinajstić information content (AvgIpc) is 2.64. The molecule has 0 atom stereocenters. The second kappa shape index (κ2) is 11.7. The number of carbonyl (C=O) groups excluding carboxylic acids is 1. The first-order valence-corrected chi connectivity index (χ1v) is 8.48. The van der Waals surface area contributed by atoms with Crippen LogP contribution in [0.4, 0.5) is 0 Å². The van der Waals surface area contributed by atoms with E-state index in [9.17, 15) is 4.79 Å². The van der Waals surface area contributed by atoms with Gasteiger partial charge in [-0.05, 0) is 30.2 Å². The Bertz CT molecular complexity index is 645. The highest BCUT2D eigenvalue weighted by atomic mass is 16.5. The molecule has 0 saturated carbocycles. The number of nitrogens with one attached hydrogen (secondary N) is 1. The molecule has 5 heteroatoms. The molecule has 5 nitrogen and oxygen atoms in total. The minimum Gasteiger partial charge on any atom is -0.493 e. The first-order valence-electron chi connectivity index (χ1n) is 8.48. The van der Waals surface area contributed by atoms with Crippen LogP contribution >= 0.6 is 0 Å². The van der Waals surface area contributed by atoms with E-state index in [4.69, 9.17) is 14.7 Å². The number of nitrogens with zero attached hydrogens (tertiary/aromatic N) is 1. The van der Waals surface area contributed by atoms with Gasteiger partial charge in [0.05, 0.1) is 13.7 Å². The predicted molar refractivity (Wildman–Crippen MR) is 99.4 cm³/mol. The quantitative estimate of drug-likeness (QED) is 0.287. The van der Waals surface area contributed by atoms with E-state index in [1.165, 1.54) is 18.9 Å². The van der Waals surface area contributed by atoms with Crippen LogP contribution in [0.3, 0.4) is 0 Å². The number of rotatable bonds is 11. The Kier molecular flexibility index (Phi) is 9.54. The minimum absolute atomic E-state index is 0.0251. The van der Waals surface area contributed by atoms with E-state index >= 15 is 0 Å². The van der Waals surface area contributed by atoms with Gasteiger partial charge in [-0.2, -0.15) is 5.26 Å². The van der Waals surface area contributed by atoms with Gasteiger partial charge in [-0.1, -0.05) is 38.3 Å². The van der Waals surface area contributed by atoms with E-state index in [1.54, 1.807) is 31.4 Å². The summed E-state index contributed by atoms with van der Waals surface area (Å²) in [6.45, 7) is 6.65. The van der Waals surface area contributed by atoms with Gasteiger partial charge < -0.3 is 14.8 Å². The monoisotopic (exact) mass is 342 g/mol. The molecular weight excluding hydrogens is 316 g/mol. The molecule has 0 radical (unpaired) electrons. The smallest absolute Gasteiger partial charge is 0.262 e. The second-order valence-corrected chi connectivity index (χ2v) is 5.49. The number of ether oxygens (including phenoxy) is 2. The Morgan fingerprint density at radius 1 is 1.32 bits per heavy atom. The highest BCUT2D eigenvalue weighted by Gasteiger charge is 2.10. The molecule has 1 aromatic carbocycles. The molecular formula is C20H26N2O3. The van der Waals surface area contributed by atoms with E-state index in [2.05, 4.69) is 18.8 Å². The Morgan fingerprint density at radius 2 is 2.12 bits per heavy atom. The zero-order chi connectivity index (χ0) is 18.5. The summed E-state index contributed by atoms with van der Waals surface area (Å²) < 4.78 is 11.1.